The summed E-state index contributed by atoms with van der Waals surface area (Å²) >= 11 is 6.92. The van der Waals surface area contributed by atoms with Crippen LogP contribution < -0.4 is 0 Å². The average Bonchev–Trinajstić information content (AvgIpc) is 2.88. The van der Waals surface area contributed by atoms with E-state index in [1.54, 1.807) is 25.3 Å². The van der Waals surface area contributed by atoms with Gasteiger partial charge in [-0.1, -0.05) is 0 Å². The zero-order valence-electron chi connectivity index (χ0n) is 13.0. The Balaban J connectivity index is 2.22. The van der Waals surface area contributed by atoms with Crippen molar-refractivity contribution in [2.24, 2.45) is 0 Å². The maximum atomic E-state index is 12.4. The molecule has 2 heterocycles. The largest absolute Gasteiger partial charge is 0.462 e. The number of hydrogen-bond acceptors (Lipinski definition) is 4. The van der Waals surface area contributed by atoms with E-state index >= 15 is 0 Å². The van der Waals surface area contributed by atoms with Gasteiger partial charge >= 0.3 is 5.97 Å². The highest BCUT2D eigenvalue weighted by Gasteiger charge is 2.18. The second-order valence-corrected chi connectivity index (χ2v) is 6.81. The van der Waals surface area contributed by atoms with Crippen LogP contribution in [0.2, 0.25) is 0 Å². The SMILES string of the molecule is CCOC(=O)c1cn2c(Br)c(Br)cc2cc1-c1ccc([N+](=O)[O-])cc1. The molecule has 0 radical (unpaired) electrons. The normalized spacial score (nSPS) is 10.8. The molecular formula is C17H12Br2N2O4. The van der Waals surface area contributed by atoms with Crippen LogP contribution in [0, 0.1) is 10.1 Å². The first-order chi connectivity index (χ1) is 11.9. The van der Waals surface area contributed by atoms with Crippen LogP contribution in [0.3, 0.4) is 0 Å². The van der Waals surface area contributed by atoms with Crippen LogP contribution in [0.25, 0.3) is 16.6 Å². The number of fused-ring (bicyclic) bond motifs is 1. The molecule has 0 amide bonds. The van der Waals surface area contributed by atoms with Crippen LogP contribution in [0.15, 0.2) is 51.7 Å². The lowest BCUT2D eigenvalue weighted by Crippen LogP contribution is -2.08. The molecule has 0 saturated carbocycles. The topological polar surface area (TPSA) is 73.8 Å². The predicted molar refractivity (Wildman–Crippen MR) is 101 cm³/mol. The number of nitrogens with zero attached hydrogens (tertiary/aromatic N) is 2. The van der Waals surface area contributed by atoms with Gasteiger partial charge in [-0.15, -0.1) is 0 Å². The van der Waals surface area contributed by atoms with Crippen molar-refractivity contribution < 1.29 is 14.5 Å². The average molecular weight is 468 g/mol. The van der Waals surface area contributed by atoms with Crippen molar-refractivity contribution in [1.82, 2.24) is 4.40 Å². The molecule has 128 valence electrons. The van der Waals surface area contributed by atoms with E-state index in [2.05, 4.69) is 31.9 Å². The Morgan fingerprint density at radius 2 is 1.92 bits per heavy atom. The molecule has 0 aliphatic rings. The predicted octanol–water partition coefficient (Wildman–Crippen LogP) is 5.22. The van der Waals surface area contributed by atoms with Crippen LogP contribution >= 0.6 is 31.9 Å². The summed E-state index contributed by atoms with van der Waals surface area (Å²) in [5.74, 6) is -0.450. The summed E-state index contributed by atoms with van der Waals surface area (Å²) in [4.78, 5) is 22.8. The second kappa shape index (κ2) is 6.97. The number of carbonyl (C=O) groups excluding carboxylic acids is 1. The summed E-state index contributed by atoms with van der Waals surface area (Å²) in [7, 11) is 0. The van der Waals surface area contributed by atoms with E-state index in [-0.39, 0.29) is 12.3 Å². The minimum Gasteiger partial charge on any atom is -0.462 e. The van der Waals surface area contributed by atoms with Gasteiger partial charge in [-0.3, -0.25) is 10.1 Å². The highest BCUT2D eigenvalue weighted by atomic mass is 79.9. The first-order valence-electron chi connectivity index (χ1n) is 7.34. The van der Waals surface area contributed by atoms with Crippen LogP contribution in [0.1, 0.15) is 17.3 Å². The molecule has 6 nitrogen and oxygen atoms in total. The summed E-state index contributed by atoms with van der Waals surface area (Å²) in [5, 5.41) is 10.8. The molecule has 3 aromatic rings. The molecule has 0 unspecified atom stereocenters. The fourth-order valence-electron chi connectivity index (χ4n) is 2.53. The van der Waals surface area contributed by atoms with E-state index in [0.717, 1.165) is 14.6 Å². The van der Waals surface area contributed by atoms with E-state index in [4.69, 9.17) is 4.74 Å². The number of pyridine rings is 1. The number of nitro benzene ring substituents is 1. The lowest BCUT2D eigenvalue weighted by atomic mass is 10.0. The zero-order chi connectivity index (χ0) is 18.1. The number of benzene rings is 1. The molecule has 0 aliphatic carbocycles. The summed E-state index contributed by atoms with van der Waals surface area (Å²) < 4.78 is 8.62. The van der Waals surface area contributed by atoms with Gasteiger partial charge < -0.3 is 9.14 Å². The monoisotopic (exact) mass is 466 g/mol. The molecule has 25 heavy (non-hydrogen) atoms. The maximum Gasteiger partial charge on any atom is 0.340 e. The van der Waals surface area contributed by atoms with Crippen molar-refractivity contribution in [3.63, 3.8) is 0 Å². The third-order valence-electron chi connectivity index (χ3n) is 3.69. The first kappa shape index (κ1) is 17.6. The number of esters is 1. The zero-order valence-corrected chi connectivity index (χ0v) is 16.2. The first-order valence-corrected chi connectivity index (χ1v) is 8.93. The minimum absolute atomic E-state index is 0.00399. The molecule has 0 aliphatic heterocycles. The van der Waals surface area contributed by atoms with Crippen molar-refractivity contribution >= 4 is 49.0 Å². The molecule has 0 fully saturated rings. The Kier molecular flexibility index (Phi) is 4.91. The Labute approximate surface area is 159 Å². The quantitative estimate of drug-likeness (QED) is 0.299. The summed E-state index contributed by atoms with van der Waals surface area (Å²) in [6.45, 7) is 2.00. The van der Waals surface area contributed by atoms with Crippen molar-refractivity contribution in [2.45, 2.75) is 6.92 Å². The van der Waals surface area contributed by atoms with Gasteiger partial charge in [0.2, 0.25) is 0 Å². The van der Waals surface area contributed by atoms with Crippen LogP contribution in [0.4, 0.5) is 5.69 Å². The van der Waals surface area contributed by atoms with Gasteiger partial charge in [0.15, 0.2) is 0 Å². The Bertz CT molecular complexity index is 980. The standard InChI is InChI=1S/C17H12Br2N2O4/c1-2-25-17(22)14-9-20-12(8-15(18)16(20)19)7-13(14)10-3-5-11(6-4-10)21(23)24/h3-9H,2H2,1H3. The van der Waals surface area contributed by atoms with E-state index in [1.165, 1.54) is 12.1 Å². The molecule has 1 aromatic carbocycles. The lowest BCUT2D eigenvalue weighted by Gasteiger charge is -2.11. The Morgan fingerprint density at radius 1 is 1.24 bits per heavy atom. The van der Waals surface area contributed by atoms with E-state index in [0.29, 0.717) is 16.7 Å². The smallest absolute Gasteiger partial charge is 0.340 e. The fraction of sp³-hybridized carbons (Fsp3) is 0.118. The van der Waals surface area contributed by atoms with E-state index in [9.17, 15) is 14.9 Å². The van der Waals surface area contributed by atoms with Crippen LogP contribution in [0.5, 0.6) is 0 Å². The number of ether oxygens (including phenoxy) is 1. The Hall–Kier alpha value is -2.19. The number of non-ortho nitro benzene ring substituents is 1. The summed E-state index contributed by atoms with van der Waals surface area (Å²) in [5.41, 5.74) is 2.59. The van der Waals surface area contributed by atoms with Crippen molar-refractivity contribution in [2.75, 3.05) is 6.61 Å². The summed E-state index contributed by atoms with van der Waals surface area (Å²) in [6, 6.07) is 9.84. The van der Waals surface area contributed by atoms with Crippen molar-refractivity contribution in [3.8, 4) is 11.1 Å². The molecule has 0 saturated heterocycles. The number of carbonyl (C=O) groups is 1. The molecule has 0 atom stereocenters. The molecular weight excluding hydrogens is 456 g/mol. The van der Waals surface area contributed by atoms with Crippen molar-refractivity contribution in [3.05, 3.63) is 67.3 Å². The third kappa shape index (κ3) is 3.32. The van der Waals surface area contributed by atoms with Crippen LogP contribution in [-0.4, -0.2) is 21.9 Å². The van der Waals surface area contributed by atoms with Gasteiger partial charge in [-0.25, -0.2) is 4.79 Å². The summed E-state index contributed by atoms with van der Waals surface area (Å²) in [6.07, 6.45) is 1.69. The molecule has 0 bridgehead atoms. The third-order valence-corrected chi connectivity index (χ3v) is 5.63. The molecule has 8 heteroatoms. The lowest BCUT2D eigenvalue weighted by molar-refractivity contribution is -0.384. The van der Waals surface area contributed by atoms with E-state index < -0.39 is 10.9 Å². The molecule has 2 aromatic heterocycles. The Morgan fingerprint density at radius 3 is 2.52 bits per heavy atom. The number of aromatic nitrogens is 1. The molecule has 0 N–H and O–H groups in total. The van der Waals surface area contributed by atoms with E-state index in [1.807, 2.05) is 16.5 Å². The highest BCUT2D eigenvalue weighted by Crippen LogP contribution is 2.33. The molecule has 0 spiro atoms. The van der Waals surface area contributed by atoms with Gasteiger partial charge in [0.1, 0.15) is 4.60 Å². The van der Waals surface area contributed by atoms with Gasteiger partial charge in [0, 0.05) is 23.8 Å². The highest BCUT2D eigenvalue weighted by molar-refractivity contribution is 9.13. The second-order valence-electron chi connectivity index (χ2n) is 5.20. The van der Waals surface area contributed by atoms with Gasteiger partial charge in [0.25, 0.3) is 5.69 Å². The van der Waals surface area contributed by atoms with Crippen LogP contribution in [-0.2, 0) is 4.74 Å². The van der Waals surface area contributed by atoms with Gasteiger partial charge in [-0.2, -0.15) is 0 Å². The number of nitro groups is 1. The van der Waals surface area contributed by atoms with Gasteiger partial charge in [0.05, 0.1) is 21.6 Å². The minimum atomic E-state index is -0.458. The molecule has 3 rings (SSSR count). The fourth-order valence-corrected chi connectivity index (χ4v) is 3.37. The maximum absolute atomic E-state index is 12.4. The van der Waals surface area contributed by atoms with Gasteiger partial charge in [-0.05, 0) is 74.2 Å². The number of halogens is 2. The number of rotatable bonds is 4. The number of hydrogen-bond donors (Lipinski definition) is 0. The van der Waals surface area contributed by atoms with Crippen molar-refractivity contribution in [1.29, 1.82) is 0 Å².